The standard InChI is InChI=1S/C6H7N2/c1-3-6-4-7-5-8(6)2/h1,4-6H,2H3/q+1. The van der Waals surface area contributed by atoms with Crippen molar-refractivity contribution in [3.05, 3.63) is 0 Å². The maximum atomic E-state index is 5.12. The first kappa shape index (κ1) is 5.04. The molecule has 1 rings (SSSR count). The minimum atomic E-state index is 0.0787. The summed E-state index contributed by atoms with van der Waals surface area (Å²) in [6.45, 7) is 0. The van der Waals surface area contributed by atoms with Gasteiger partial charge in [0, 0.05) is 0 Å². The second-order valence-electron chi connectivity index (χ2n) is 1.69. The van der Waals surface area contributed by atoms with Gasteiger partial charge in [-0.3, -0.25) is 0 Å². The number of hydrogen-bond donors (Lipinski definition) is 0. The average molecular weight is 107 g/mol. The van der Waals surface area contributed by atoms with Gasteiger partial charge in [0.15, 0.2) is 6.21 Å². The Labute approximate surface area is 48.6 Å². The van der Waals surface area contributed by atoms with Crippen molar-refractivity contribution < 1.29 is 4.58 Å². The molecular weight excluding hydrogens is 100 g/mol. The third kappa shape index (κ3) is 0.627. The summed E-state index contributed by atoms with van der Waals surface area (Å²) >= 11 is 0. The molecule has 1 aliphatic rings. The van der Waals surface area contributed by atoms with E-state index >= 15 is 0 Å². The van der Waals surface area contributed by atoms with E-state index in [2.05, 4.69) is 10.9 Å². The molecule has 0 N–H and O–H groups in total. The molecule has 40 valence electrons. The van der Waals surface area contributed by atoms with Crippen molar-refractivity contribution in [2.24, 2.45) is 4.99 Å². The number of rotatable bonds is 0. The maximum absolute atomic E-state index is 5.12. The van der Waals surface area contributed by atoms with Crippen LogP contribution in [0.3, 0.4) is 0 Å². The van der Waals surface area contributed by atoms with E-state index in [4.69, 9.17) is 6.42 Å². The zero-order valence-electron chi connectivity index (χ0n) is 4.70. The first-order valence-corrected chi connectivity index (χ1v) is 2.39. The summed E-state index contributed by atoms with van der Waals surface area (Å²) in [5.74, 6) is 2.56. The molecule has 2 nitrogen and oxygen atoms in total. The molecule has 2 heteroatoms. The predicted octanol–water partition coefficient (Wildman–Crippen LogP) is -0.257. The summed E-state index contributed by atoms with van der Waals surface area (Å²) in [5.41, 5.74) is 0. The van der Waals surface area contributed by atoms with Crippen molar-refractivity contribution in [3.63, 3.8) is 0 Å². The summed E-state index contributed by atoms with van der Waals surface area (Å²) < 4.78 is 1.88. The van der Waals surface area contributed by atoms with Crippen LogP contribution in [-0.2, 0) is 0 Å². The van der Waals surface area contributed by atoms with Crippen molar-refractivity contribution in [3.8, 4) is 12.3 Å². The van der Waals surface area contributed by atoms with Gasteiger partial charge in [-0.15, -0.1) is 6.42 Å². The summed E-state index contributed by atoms with van der Waals surface area (Å²) in [4.78, 5) is 3.85. The zero-order chi connectivity index (χ0) is 5.98. The molecule has 1 unspecified atom stereocenters. The fraction of sp³-hybridized carbons (Fsp3) is 0.333. The third-order valence-corrected chi connectivity index (χ3v) is 1.09. The molecule has 0 fully saturated rings. The van der Waals surface area contributed by atoms with Crippen molar-refractivity contribution in [2.45, 2.75) is 6.04 Å². The molecular formula is C6H7N2+. The molecule has 1 heterocycles. The van der Waals surface area contributed by atoms with Gasteiger partial charge in [0.1, 0.15) is 0 Å². The lowest BCUT2D eigenvalue weighted by atomic mass is 10.3. The normalized spacial score (nSPS) is 25.0. The predicted molar refractivity (Wildman–Crippen MR) is 33.4 cm³/mol. The van der Waals surface area contributed by atoms with E-state index in [0.717, 1.165) is 0 Å². The summed E-state index contributed by atoms with van der Waals surface area (Å²) in [5, 5.41) is 0. The maximum Gasteiger partial charge on any atom is 0.282 e. The minimum absolute atomic E-state index is 0.0787. The Kier molecular flexibility index (Phi) is 1.13. The van der Waals surface area contributed by atoms with Crippen LogP contribution in [-0.4, -0.2) is 30.2 Å². The SMILES string of the molecule is C#CC1C=NC=[N+]1C. The highest BCUT2D eigenvalue weighted by Gasteiger charge is 2.13. The van der Waals surface area contributed by atoms with Crippen molar-refractivity contribution in [2.75, 3.05) is 7.05 Å². The van der Waals surface area contributed by atoms with Crippen LogP contribution >= 0.6 is 0 Å². The largest absolute Gasteiger partial charge is 0.282 e. The van der Waals surface area contributed by atoms with E-state index in [1.54, 1.807) is 12.6 Å². The number of hydrogen-bond acceptors (Lipinski definition) is 1. The van der Waals surface area contributed by atoms with E-state index < -0.39 is 0 Å². The molecule has 0 aromatic carbocycles. The van der Waals surface area contributed by atoms with Gasteiger partial charge in [-0.1, -0.05) is 4.99 Å². The molecule has 0 spiro atoms. The van der Waals surface area contributed by atoms with Crippen molar-refractivity contribution in [1.29, 1.82) is 0 Å². The molecule has 0 aliphatic carbocycles. The van der Waals surface area contributed by atoms with Crippen molar-refractivity contribution >= 4 is 12.6 Å². The summed E-state index contributed by atoms with van der Waals surface area (Å²) in [7, 11) is 1.90. The Balaban J connectivity index is 2.76. The molecule has 0 amide bonds. The van der Waals surface area contributed by atoms with E-state index in [1.807, 2.05) is 11.6 Å². The fourth-order valence-electron chi connectivity index (χ4n) is 0.563. The Hall–Kier alpha value is -1.10. The van der Waals surface area contributed by atoms with Crippen LogP contribution in [0.2, 0.25) is 0 Å². The molecule has 1 aliphatic heterocycles. The molecule has 0 saturated carbocycles. The average Bonchev–Trinajstić information content (AvgIpc) is 2.14. The zero-order valence-corrected chi connectivity index (χ0v) is 4.70. The monoisotopic (exact) mass is 107 g/mol. The van der Waals surface area contributed by atoms with Gasteiger partial charge in [-0.2, -0.15) is 0 Å². The highest BCUT2D eigenvalue weighted by atomic mass is 15.1. The Morgan fingerprint density at radius 1 is 1.88 bits per heavy atom. The van der Waals surface area contributed by atoms with E-state index in [0.29, 0.717) is 0 Å². The van der Waals surface area contributed by atoms with Gasteiger partial charge in [-0.05, 0) is 5.92 Å². The second kappa shape index (κ2) is 1.79. The second-order valence-corrected chi connectivity index (χ2v) is 1.69. The van der Waals surface area contributed by atoms with Crippen LogP contribution in [0.25, 0.3) is 0 Å². The third-order valence-electron chi connectivity index (χ3n) is 1.09. The van der Waals surface area contributed by atoms with Gasteiger partial charge < -0.3 is 0 Å². The van der Waals surface area contributed by atoms with Crippen LogP contribution in [0, 0.1) is 12.3 Å². The molecule has 0 saturated heterocycles. The lowest BCUT2D eigenvalue weighted by molar-refractivity contribution is -0.496. The quantitative estimate of drug-likeness (QED) is 0.299. The van der Waals surface area contributed by atoms with Crippen LogP contribution in [0.4, 0.5) is 0 Å². The topological polar surface area (TPSA) is 15.4 Å². The van der Waals surface area contributed by atoms with Crippen LogP contribution < -0.4 is 0 Å². The van der Waals surface area contributed by atoms with E-state index in [-0.39, 0.29) is 6.04 Å². The van der Waals surface area contributed by atoms with Gasteiger partial charge in [0.05, 0.1) is 7.05 Å². The molecule has 8 heavy (non-hydrogen) atoms. The fourth-order valence-corrected chi connectivity index (χ4v) is 0.563. The first-order valence-electron chi connectivity index (χ1n) is 2.39. The van der Waals surface area contributed by atoms with Crippen LogP contribution in [0.5, 0.6) is 0 Å². The first-order chi connectivity index (χ1) is 3.84. The summed E-state index contributed by atoms with van der Waals surface area (Å²) in [6, 6.07) is 0.0787. The molecule has 0 radical (unpaired) electrons. The van der Waals surface area contributed by atoms with Gasteiger partial charge in [0.25, 0.3) is 6.34 Å². The Morgan fingerprint density at radius 2 is 2.62 bits per heavy atom. The molecule has 1 atom stereocenters. The highest BCUT2D eigenvalue weighted by Crippen LogP contribution is 1.87. The van der Waals surface area contributed by atoms with Gasteiger partial charge >= 0.3 is 0 Å². The highest BCUT2D eigenvalue weighted by molar-refractivity contribution is 5.79. The summed E-state index contributed by atoms with van der Waals surface area (Å²) in [6.07, 6.45) is 8.57. The Morgan fingerprint density at radius 3 is 2.88 bits per heavy atom. The molecule has 0 aromatic heterocycles. The van der Waals surface area contributed by atoms with Crippen molar-refractivity contribution in [1.82, 2.24) is 0 Å². The van der Waals surface area contributed by atoms with Gasteiger partial charge in [-0.25, -0.2) is 4.58 Å². The van der Waals surface area contributed by atoms with Crippen LogP contribution in [0.1, 0.15) is 0 Å². The van der Waals surface area contributed by atoms with E-state index in [9.17, 15) is 0 Å². The van der Waals surface area contributed by atoms with Crippen LogP contribution in [0.15, 0.2) is 4.99 Å². The lowest BCUT2D eigenvalue weighted by Crippen LogP contribution is -2.17. The lowest BCUT2D eigenvalue weighted by Gasteiger charge is -1.92. The molecule has 0 aromatic rings. The van der Waals surface area contributed by atoms with Gasteiger partial charge in [0.2, 0.25) is 6.04 Å². The smallest absolute Gasteiger partial charge is 0.246 e. The number of aliphatic imine (C=N–C) groups is 1. The Bertz CT molecular complexity index is 183. The molecule has 0 bridgehead atoms. The number of nitrogens with zero attached hydrogens (tertiary/aromatic N) is 2. The van der Waals surface area contributed by atoms with E-state index in [1.165, 1.54) is 0 Å². The minimum Gasteiger partial charge on any atom is -0.246 e. The number of terminal acetylenes is 1.